The monoisotopic (exact) mass is 322 g/mol. The van der Waals surface area contributed by atoms with Gasteiger partial charge in [-0.15, -0.1) is 11.8 Å². The lowest BCUT2D eigenvalue weighted by Gasteiger charge is -2.22. The topological polar surface area (TPSA) is 38.0 Å². The van der Waals surface area contributed by atoms with Gasteiger partial charge in [-0.2, -0.15) is 0 Å². The molecule has 3 N–H and O–H groups in total. The average Bonchev–Trinajstić information content (AvgIpc) is 2.91. The fraction of sp³-hybridized carbons (Fsp3) is 0.250. The summed E-state index contributed by atoms with van der Waals surface area (Å²) in [6.45, 7) is 0. The number of nitrogens with two attached hydrogens (primary N) is 1. The van der Waals surface area contributed by atoms with Crippen molar-refractivity contribution < 1.29 is 4.39 Å². The number of halogens is 2. The number of hydrogen-bond donors (Lipinski definition) is 2. The van der Waals surface area contributed by atoms with Crippen molar-refractivity contribution in [2.45, 2.75) is 29.0 Å². The van der Waals surface area contributed by atoms with Gasteiger partial charge in [0.25, 0.3) is 0 Å². The minimum Gasteiger partial charge on any atom is -0.271 e. The van der Waals surface area contributed by atoms with Gasteiger partial charge in [0.2, 0.25) is 0 Å². The van der Waals surface area contributed by atoms with E-state index in [0.717, 1.165) is 6.42 Å². The first-order valence-corrected chi connectivity index (χ1v) is 8.08. The summed E-state index contributed by atoms with van der Waals surface area (Å²) in [5.74, 6) is 5.47. The zero-order chi connectivity index (χ0) is 14.8. The van der Waals surface area contributed by atoms with Crippen molar-refractivity contribution in [3.63, 3.8) is 0 Å². The van der Waals surface area contributed by atoms with Crippen molar-refractivity contribution in [1.29, 1.82) is 0 Å². The molecule has 2 unspecified atom stereocenters. The predicted octanol–water partition coefficient (Wildman–Crippen LogP) is 3.57. The van der Waals surface area contributed by atoms with Crippen LogP contribution in [0.4, 0.5) is 4.39 Å². The van der Waals surface area contributed by atoms with Crippen LogP contribution in [0.1, 0.15) is 11.1 Å². The maximum atomic E-state index is 13.9. The van der Waals surface area contributed by atoms with Crippen LogP contribution in [0.3, 0.4) is 0 Å². The van der Waals surface area contributed by atoms with E-state index in [1.54, 1.807) is 23.9 Å². The second kappa shape index (κ2) is 6.36. The molecular formula is C16H16ClFN2S. The Balaban J connectivity index is 1.76. The van der Waals surface area contributed by atoms with Crippen molar-refractivity contribution in [3.05, 3.63) is 64.4 Å². The Morgan fingerprint density at radius 1 is 1.33 bits per heavy atom. The van der Waals surface area contributed by atoms with Crippen molar-refractivity contribution in [1.82, 2.24) is 5.43 Å². The van der Waals surface area contributed by atoms with Gasteiger partial charge in [0.1, 0.15) is 5.82 Å². The largest absolute Gasteiger partial charge is 0.271 e. The number of thioether (sulfide) groups is 1. The summed E-state index contributed by atoms with van der Waals surface area (Å²) < 4.78 is 13.9. The van der Waals surface area contributed by atoms with Crippen LogP contribution in [0.5, 0.6) is 0 Å². The van der Waals surface area contributed by atoms with Crippen molar-refractivity contribution >= 4 is 23.4 Å². The number of benzene rings is 2. The molecule has 1 heterocycles. The van der Waals surface area contributed by atoms with Crippen LogP contribution < -0.4 is 11.3 Å². The van der Waals surface area contributed by atoms with Crippen molar-refractivity contribution in [2.75, 3.05) is 0 Å². The third kappa shape index (κ3) is 3.24. The maximum Gasteiger partial charge on any atom is 0.126 e. The molecule has 1 aliphatic heterocycles. The van der Waals surface area contributed by atoms with Crippen LogP contribution in [-0.2, 0) is 12.8 Å². The van der Waals surface area contributed by atoms with Crippen LogP contribution in [-0.4, -0.2) is 11.3 Å². The molecule has 0 aliphatic carbocycles. The van der Waals surface area contributed by atoms with Crippen molar-refractivity contribution in [3.8, 4) is 0 Å². The Labute approximate surface area is 132 Å². The second-order valence-corrected chi connectivity index (χ2v) is 6.90. The Morgan fingerprint density at radius 3 is 2.90 bits per heavy atom. The molecule has 5 heteroatoms. The first-order chi connectivity index (χ1) is 10.2. The van der Waals surface area contributed by atoms with Gasteiger partial charge < -0.3 is 0 Å². The van der Waals surface area contributed by atoms with Crippen molar-refractivity contribution in [2.24, 2.45) is 5.84 Å². The zero-order valence-electron chi connectivity index (χ0n) is 11.4. The molecule has 21 heavy (non-hydrogen) atoms. The summed E-state index contributed by atoms with van der Waals surface area (Å²) in [5, 5.41) is 0.843. The number of nitrogens with one attached hydrogen (secondary N) is 1. The van der Waals surface area contributed by atoms with Crippen LogP contribution in [0.25, 0.3) is 0 Å². The highest BCUT2D eigenvalue weighted by molar-refractivity contribution is 8.00. The van der Waals surface area contributed by atoms with E-state index in [1.807, 2.05) is 12.1 Å². The van der Waals surface area contributed by atoms with Gasteiger partial charge in [0, 0.05) is 21.2 Å². The number of fused-ring (bicyclic) bond motifs is 1. The third-order valence-corrected chi connectivity index (χ3v) is 5.47. The standard InChI is InChI=1S/C16H16ClFN2S/c17-12-5-6-13(18)11(7-12)8-14(20-19)16-9-10-3-1-2-4-15(10)21-16/h1-7,14,16,20H,8-9,19H2. The molecule has 0 fully saturated rings. The summed E-state index contributed by atoms with van der Waals surface area (Å²) in [4.78, 5) is 1.29. The molecule has 0 aromatic heterocycles. The Bertz CT molecular complexity index is 625. The molecule has 0 spiro atoms. The predicted molar refractivity (Wildman–Crippen MR) is 86.0 cm³/mol. The number of hydrogen-bond acceptors (Lipinski definition) is 3. The highest BCUT2D eigenvalue weighted by Crippen LogP contribution is 2.39. The van der Waals surface area contributed by atoms with E-state index in [4.69, 9.17) is 17.4 Å². The first-order valence-electron chi connectivity index (χ1n) is 6.82. The van der Waals surface area contributed by atoms with Gasteiger partial charge >= 0.3 is 0 Å². The van der Waals surface area contributed by atoms with E-state index in [2.05, 4.69) is 17.6 Å². The SMILES string of the molecule is NNC(Cc1cc(Cl)ccc1F)C1Cc2ccccc2S1. The van der Waals surface area contributed by atoms with E-state index < -0.39 is 0 Å². The smallest absolute Gasteiger partial charge is 0.126 e. The molecule has 2 aromatic carbocycles. The molecule has 2 nitrogen and oxygen atoms in total. The van der Waals surface area contributed by atoms with Gasteiger partial charge in [0.15, 0.2) is 0 Å². The van der Waals surface area contributed by atoms with Gasteiger partial charge in [-0.3, -0.25) is 11.3 Å². The van der Waals surface area contributed by atoms with Gasteiger partial charge in [-0.05, 0) is 48.2 Å². The summed E-state index contributed by atoms with van der Waals surface area (Å²) in [5.41, 5.74) is 4.78. The molecule has 0 amide bonds. The lowest BCUT2D eigenvalue weighted by Crippen LogP contribution is -2.44. The molecule has 110 valence electrons. The lowest BCUT2D eigenvalue weighted by atomic mass is 9.99. The minimum absolute atomic E-state index is 0.00429. The van der Waals surface area contributed by atoms with E-state index in [-0.39, 0.29) is 11.9 Å². The summed E-state index contributed by atoms with van der Waals surface area (Å²) in [6, 6.07) is 13.0. The van der Waals surface area contributed by atoms with E-state index >= 15 is 0 Å². The second-order valence-electron chi connectivity index (χ2n) is 5.18. The van der Waals surface area contributed by atoms with Crippen LogP contribution in [0.2, 0.25) is 5.02 Å². The van der Waals surface area contributed by atoms with Crippen LogP contribution in [0, 0.1) is 5.82 Å². The minimum atomic E-state index is -0.236. The Kier molecular flexibility index (Phi) is 4.50. The number of hydrazine groups is 1. The van der Waals surface area contributed by atoms with Gasteiger partial charge in [0.05, 0.1) is 0 Å². The first kappa shape index (κ1) is 14.9. The third-order valence-electron chi connectivity index (χ3n) is 3.78. The summed E-state index contributed by atoms with van der Waals surface area (Å²) in [6.07, 6.45) is 1.46. The molecule has 2 atom stereocenters. The zero-order valence-corrected chi connectivity index (χ0v) is 12.9. The van der Waals surface area contributed by atoms with Crippen LogP contribution >= 0.6 is 23.4 Å². The molecule has 3 rings (SSSR count). The average molecular weight is 323 g/mol. The van der Waals surface area contributed by atoms with Gasteiger partial charge in [-0.25, -0.2) is 4.39 Å². The molecule has 0 saturated heterocycles. The molecule has 0 radical (unpaired) electrons. The van der Waals surface area contributed by atoms with Crippen LogP contribution in [0.15, 0.2) is 47.4 Å². The molecule has 0 bridgehead atoms. The molecule has 0 saturated carbocycles. The number of rotatable bonds is 4. The van der Waals surface area contributed by atoms with E-state index in [9.17, 15) is 4.39 Å². The Hall–Kier alpha value is -1.07. The normalized spacial score (nSPS) is 18.5. The summed E-state index contributed by atoms with van der Waals surface area (Å²) >= 11 is 7.75. The molecular weight excluding hydrogens is 307 g/mol. The van der Waals surface area contributed by atoms with E-state index in [1.165, 1.54) is 16.5 Å². The molecule has 2 aromatic rings. The summed E-state index contributed by atoms with van der Waals surface area (Å²) in [7, 11) is 0. The fourth-order valence-corrected chi connectivity index (χ4v) is 4.25. The van der Waals surface area contributed by atoms with Gasteiger partial charge in [-0.1, -0.05) is 29.8 Å². The maximum absolute atomic E-state index is 13.9. The quantitative estimate of drug-likeness (QED) is 0.667. The Morgan fingerprint density at radius 2 is 2.14 bits per heavy atom. The fourth-order valence-electron chi connectivity index (χ4n) is 2.67. The lowest BCUT2D eigenvalue weighted by molar-refractivity contribution is 0.493. The molecule has 1 aliphatic rings. The van der Waals surface area contributed by atoms with E-state index in [0.29, 0.717) is 22.3 Å². The highest BCUT2D eigenvalue weighted by Gasteiger charge is 2.29. The highest BCUT2D eigenvalue weighted by atomic mass is 35.5.